The zero-order chi connectivity index (χ0) is 15.3. The second kappa shape index (κ2) is 6.58. The van der Waals surface area contributed by atoms with Crippen molar-refractivity contribution in [3.05, 3.63) is 92.0 Å². The van der Waals surface area contributed by atoms with Crippen LogP contribution in [-0.4, -0.2) is 17.6 Å². The number of benzene rings is 2. The number of rotatable bonds is 6. The molecule has 0 saturated carbocycles. The van der Waals surface area contributed by atoms with Gasteiger partial charge in [-0.05, 0) is 6.04 Å². The van der Waals surface area contributed by atoms with E-state index >= 15 is 0 Å². The Morgan fingerprint density at radius 1 is 0.955 bits per heavy atom. The maximum absolute atomic E-state index is 4.21. The number of nitrogens with zero attached hydrogens (tertiary/aromatic N) is 2. The molecule has 0 spiro atoms. The zero-order valence-electron chi connectivity index (χ0n) is 12.6. The van der Waals surface area contributed by atoms with Gasteiger partial charge in [0.2, 0.25) is 0 Å². The fraction of sp³-hybridized carbons (Fsp3) is 0.105. The predicted octanol–water partition coefficient (Wildman–Crippen LogP) is 2.87. The second-order valence-electron chi connectivity index (χ2n) is 5.54. The van der Waals surface area contributed by atoms with Crippen LogP contribution in [0.5, 0.6) is 0 Å². The van der Waals surface area contributed by atoms with Crippen molar-refractivity contribution in [2.45, 2.75) is 12.2 Å². The maximum atomic E-state index is 4.21. The summed E-state index contributed by atoms with van der Waals surface area (Å²) in [5, 5.41) is 2.88. The van der Waals surface area contributed by atoms with Crippen molar-refractivity contribution in [3.63, 3.8) is 0 Å². The van der Waals surface area contributed by atoms with Gasteiger partial charge in [0.05, 0.1) is 6.33 Å². The van der Waals surface area contributed by atoms with E-state index in [2.05, 4.69) is 89.1 Å². The molecule has 3 heteroatoms. The lowest BCUT2D eigenvalue weighted by molar-refractivity contribution is 0.855. The molecule has 0 amide bonds. The molecule has 0 aliphatic rings. The van der Waals surface area contributed by atoms with E-state index in [0.29, 0.717) is 0 Å². The van der Waals surface area contributed by atoms with E-state index in [0.717, 1.165) is 12.2 Å². The Morgan fingerprint density at radius 3 is 2.00 bits per heavy atom. The highest BCUT2D eigenvalue weighted by Crippen LogP contribution is 2.15. The van der Waals surface area contributed by atoms with Crippen LogP contribution in [0.2, 0.25) is 6.04 Å². The third-order valence-corrected chi connectivity index (χ3v) is 8.92. The minimum Gasteiger partial charge on any atom is -0.340 e. The van der Waals surface area contributed by atoms with Crippen LogP contribution in [0, 0.1) is 0 Å². The minimum absolute atomic E-state index is 0.979. The second-order valence-corrected chi connectivity index (χ2v) is 9.59. The third kappa shape index (κ3) is 2.80. The predicted molar refractivity (Wildman–Crippen MR) is 95.1 cm³/mol. The van der Waals surface area contributed by atoms with Crippen LogP contribution in [-0.2, 0) is 6.17 Å². The molecule has 0 fully saturated rings. The summed E-state index contributed by atoms with van der Waals surface area (Å²) in [5.41, 5.74) is 0. The molecule has 22 heavy (non-hydrogen) atoms. The molecule has 3 aromatic rings. The first-order valence-electron chi connectivity index (χ1n) is 7.53. The molecule has 2 aromatic carbocycles. The first kappa shape index (κ1) is 14.5. The average Bonchev–Trinajstić information content (AvgIpc) is 3.09. The Labute approximate surface area is 132 Å². The van der Waals surface area contributed by atoms with Gasteiger partial charge in [0, 0.05) is 18.6 Å². The lowest BCUT2D eigenvalue weighted by Gasteiger charge is -2.32. The number of allylic oxidation sites excluding steroid dienone is 1. The number of aromatic nitrogens is 2. The van der Waals surface area contributed by atoms with Gasteiger partial charge < -0.3 is 4.57 Å². The molecule has 0 radical (unpaired) electrons. The molecule has 2 nitrogen and oxygen atoms in total. The van der Waals surface area contributed by atoms with E-state index in [1.807, 2.05) is 12.5 Å². The third-order valence-electron chi connectivity index (χ3n) is 4.16. The van der Waals surface area contributed by atoms with E-state index in [4.69, 9.17) is 0 Å². The Balaban J connectivity index is 2.16. The molecule has 0 atom stereocenters. The minimum atomic E-state index is -1.95. The molecule has 0 aliphatic heterocycles. The molecular weight excluding hydrogens is 284 g/mol. The summed E-state index contributed by atoms with van der Waals surface area (Å²) in [4.78, 5) is 4.21. The highest BCUT2D eigenvalue weighted by atomic mass is 28.3. The standard InChI is InChI=1S/C19H20N2Si/c1-2-15-22(17-21-14-13-20-16-21,18-9-5-3-6-10-18)19-11-7-4-8-12-19/h2-14,16H,1,15,17H2. The van der Waals surface area contributed by atoms with Crippen molar-refractivity contribution in [2.75, 3.05) is 0 Å². The lowest BCUT2D eigenvalue weighted by Crippen LogP contribution is -2.61. The van der Waals surface area contributed by atoms with Crippen molar-refractivity contribution in [1.29, 1.82) is 0 Å². The van der Waals surface area contributed by atoms with Gasteiger partial charge in [-0.1, -0.05) is 77.1 Å². The molecule has 3 rings (SSSR count). The molecule has 0 unspecified atom stereocenters. The van der Waals surface area contributed by atoms with E-state index in [9.17, 15) is 0 Å². The summed E-state index contributed by atoms with van der Waals surface area (Å²) in [7, 11) is -1.95. The summed E-state index contributed by atoms with van der Waals surface area (Å²) < 4.78 is 2.20. The quantitative estimate of drug-likeness (QED) is 0.506. The summed E-state index contributed by atoms with van der Waals surface area (Å²) in [6.45, 7) is 4.04. The highest BCUT2D eigenvalue weighted by molar-refractivity contribution is 7.01. The van der Waals surface area contributed by atoms with Crippen LogP contribution in [0.4, 0.5) is 0 Å². The first-order valence-corrected chi connectivity index (χ1v) is 9.94. The number of imidazole rings is 1. The summed E-state index contributed by atoms with van der Waals surface area (Å²) in [6.07, 6.45) is 8.87. The molecule has 0 aliphatic carbocycles. The van der Waals surface area contributed by atoms with E-state index in [-0.39, 0.29) is 0 Å². The van der Waals surface area contributed by atoms with Crippen LogP contribution in [0.25, 0.3) is 0 Å². The SMILES string of the molecule is C=CC[Si](Cn1ccnc1)(c1ccccc1)c1ccccc1. The van der Waals surface area contributed by atoms with Gasteiger partial charge in [0.1, 0.15) is 8.07 Å². The summed E-state index contributed by atoms with van der Waals surface area (Å²) in [6, 6.07) is 22.8. The molecule has 110 valence electrons. The molecule has 1 aromatic heterocycles. The van der Waals surface area contributed by atoms with E-state index < -0.39 is 8.07 Å². The molecular formula is C19H20N2Si. The van der Waals surface area contributed by atoms with Gasteiger partial charge in [0.15, 0.2) is 0 Å². The normalized spacial score (nSPS) is 11.3. The van der Waals surface area contributed by atoms with Gasteiger partial charge in [-0.3, -0.25) is 0 Å². The molecule has 0 bridgehead atoms. The van der Waals surface area contributed by atoms with Crippen LogP contribution >= 0.6 is 0 Å². The van der Waals surface area contributed by atoms with Gasteiger partial charge >= 0.3 is 0 Å². The Kier molecular flexibility index (Phi) is 4.35. The van der Waals surface area contributed by atoms with Gasteiger partial charge in [-0.25, -0.2) is 4.98 Å². The zero-order valence-corrected chi connectivity index (χ0v) is 13.6. The molecule has 1 heterocycles. The van der Waals surface area contributed by atoms with Crippen molar-refractivity contribution in [2.24, 2.45) is 0 Å². The number of hydrogen-bond acceptors (Lipinski definition) is 1. The smallest absolute Gasteiger partial charge is 0.141 e. The van der Waals surface area contributed by atoms with Gasteiger partial charge in [-0.2, -0.15) is 0 Å². The monoisotopic (exact) mass is 304 g/mol. The van der Waals surface area contributed by atoms with Gasteiger partial charge in [-0.15, -0.1) is 6.58 Å². The lowest BCUT2D eigenvalue weighted by atomic mass is 10.4. The van der Waals surface area contributed by atoms with Crippen molar-refractivity contribution < 1.29 is 0 Å². The van der Waals surface area contributed by atoms with Crippen molar-refractivity contribution in [1.82, 2.24) is 9.55 Å². The summed E-state index contributed by atoms with van der Waals surface area (Å²) in [5.74, 6) is 0. The van der Waals surface area contributed by atoms with Crippen molar-refractivity contribution in [3.8, 4) is 0 Å². The first-order chi connectivity index (χ1) is 10.8. The molecule has 0 saturated heterocycles. The van der Waals surface area contributed by atoms with Gasteiger partial charge in [0.25, 0.3) is 0 Å². The Morgan fingerprint density at radius 2 is 1.55 bits per heavy atom. The highest BCUT2D eigenvalue weighted by Gasteiger charge is 2.36. The van der Waals surface area contributed by atoms with E-state index in [1.165, 1.54) is 10.4 Å². The Hall–Kier alpha value is -2.39. The topological polar surface area (TPSA) is 17.8 Å². The molecule has 0 N–H and O–H groups in total. The van der Waals surface area contributed by atoms with Crippen LogP contribution in [0.3, 0.4) is 0 Å². The van der Waals surface area contributed by atoms with Crippen LogP contribution in [0.1, 0.15) is 0 Å². The fourth-order valence-electron chi connectivity index (χ4n) is 3.10. The average molecular weight is 304 g/mol. The fourth-order valence-corrected chi connectivity index (χ4v) is 7.37. The van der Waals surface area contributed by atoms with Crippen LogP contribution < -0.4 is 10.4 Å². The summed E-state index contributed by atoms with van der Waals surface area (Å²) >= 11 is 0. The maximum Gasteiger partial charge on any atom is 0.141 e. The largest absolute Gasteiger partial charge is 0.340 e. The van der Waals surface area contributed by atoms with Crippen LogP contribution in [0.15, 0.2) is 92.0 Å². The van der Waals surface area contributed by atoms with E-state index in [1.54, 1.807) is 0 Å². The van der Waals surface area contributed by atoms with Crippen molar-refractivity contribution >= 4 is 18.4 Å². The number of hydrogen-bond donors (Lipinski definition) is 0. The Bertz CT molecular complexity index is 666.